The number of aliphatic hydroxyl groups excluding tert-OH is 1. The van der Waals surface area contributed by atoms with Gasteiger partial charge in [-0.15, -0.1) is 0 Å². The van der Waals surface area contributed by atoms with Gasteiger partial charge in [0.15, 0.2) is 5.78 Å². The van der Waals surface area contributed by atoms with Crippen LogP contribution in [0.1, 0.15) is 27.6 Å². The molecule has 0 aliphatic heterocycles. The Bertz CT molecular complexity index is 544. The largest absolute Gasteiger partial charge is 0.380 e. The van der Waals surface area contributed by atoms with E-state index in [9.17, 15) is 9.90 Å². The summed E-state index contributed by atoms with van der Waals surface area (Å²) in [6, 6.07) is 13.8. The third-order valence-corrected chi connectivity index (χ3v) is 3.02. The summed E-state index contributed by atoms with van der Waals surface area (Å²) in [5.74, 6) is -0.308. The Kier molecular flexibility index (Phi) is 3.80. The van der Waals surface area contributed by atoms with Crippen LogP contribution in [-0.2, 0) is 0 Å². The van der Waals surface area contributed by atoms with Crippen molar-refractivity contribution in [3.63, 3.8) is 0 Å². The third-order valence-electron chi connectivity index (χ3n) is 2.77. The first-order valence-corrected chi connectivity index (χ1v) is 6.00. The van der Waals surface area contributed by atoms with Crippen molar-refractivity contribution in [2.75, 3.05) is 0 Å². The minimum atomic E-state index is -1.15. The van der Waals surface area contributed by atoms with Crippen molar-refractivity contribution >= 4 is 17.4 Å². The zero-order chi connectivity index (χ0) is 13.1. The number of carbonyl (C=O) groups is 1. The quantitative estimate of drug-likeness (QED) is 0.857. The van der Waals surface area contributed by atoms with Gasteiger partial charge in [0.1, 0.15) is 6.10 Å². The van der Waals surface area contributed by atoms with Crippen LogP contribution in [0.2, 0.25) is 5.02 Å². The number of carbonyl (C=O) groups excluding carboxylic acids is 1. The fraction of sp³-hybridized carbons (Fsp3) is 0.133. The minimum absolute atomic E-state index is 0.308. The number of ketones is 1. The van der Waals surface area contributed by atoms with E-state index in [0.29, 0.717) is 16.1 Å². The molecule has 0 heterocycles. The molecule has 0 saturated heterocycles. The molecule has 1 atom stereocenters. The Labute approximate surface area is 111 Å². The summed E-state index contributed by atoms with van der Waals surface area (Å²) in [5.41, 5.74) is 2.13. The van der Waals surface area contributed by atoms with E-state index in [-0.39, 0.29) is 5.78 Å². The van der Waals surface area contributed by atoms with Gasteiger partial charge in [0.05, 0.1) is 0 Å². The van der Waals surface area contributed by atoms with Crippen molar-refractivity contribution in [2.24, 2.45) is 0 Å². The molecule has 92 valence electrons. The highest BCUT2D eigenvalue weighted by Gasteiger charge is 2.18. The normalized spacial score (nSPS) is 12.2. The molecule has 2 nitrogen and oxygen atoms in total. The number of hydrogen-bond acceptors (Lipinski definition) is 2. The zero-order valence-electron chi connectivity index (χ0n) is 9.93. The molecule has 0 bridgehead atoms. The Balaban J connectivity index is 2.23. The third kappa shape index (κ3) is 2.78. The van der Waals surface area contributed by atoms with Crippen LogP contribution >= 0.6 is 11.6 Å². The van der Waals surface area contributed by atoms with Crippen LogP contribution in [0.15, 0.2) is 48.5 Å². The van der Waals surface area contributed by atoms with Gasteiger partial charge in [0.25, 0.3) is 0 Å². The lowest BCUT2D eigenvalue weighted by molar-refractivity contribution is 0.0747. The fourth-order valence-corrected chi connectivity index (χ4v) is 1.80. The molecule has 0 saturated carbocycles. The Morgan fingerprint density at radius 1 is 1.06 bits per heavy atom. The van der Waals surface area contributed by atoms with E-state index in [4.69, 9.17) is 11.6 Å². The van der Waals surface area contributed by atoms with Crippen molar-refractivity contribution in [1.82, 2.24) is 0 Å². The molecule has 3 heteroatoms. The van der Waals surface area contributed by atoms with E-state index in [1.54, 1.807) is 36.4 Å². The molecule has 0 aliphatic carbocycles. The van der Waals surface area contributed by atoms with Gasteiger partial charge in [-0.2, -0.15) is 0 Å². The van der Waals surface area contributed by atoms with Gasteiger partial charge < -0.3 is 5.11 Å². The lowest BCUT2D eigenvalue weighted by atomic mass is 9.99. The Morgan fingerprint density at radius 3 is 2.17 bits per heavy atom. The monoisotopic (exact) mass is 260 g/mol. The van der Waals surface area contributed by atoms with Crippen molar-refractivity contribution in [3.8, 4) is 0 Å². The summed E-state index contributed by atoms with van der Waals surface area (Å²) in [5, 5.41) is 10.6. The van der Waals surface area contributed by atoms with E-state index in [0.717, 1.165) is 5.56 Å². The van der Waals surface area contributed by atoms with Gasteiger partial charge >= 0.3 is 0 Å². The van der Waals surface area contributed by atoms with Crippen molar-refractivity contribution < 1.29 is 9.90 Å². The molecule has 1 N–H and O–H groups in total. The average molecular weight is 261 g/mol. The van der Waals surface area contributed by atoms with Gasteiger partial charge in [0, 0.05) is 10.6 Å². The smallest absolute Gasteiger partial charge is 0.195 e. The number of halogens is 1. The summed E-state index contributed by atoms with van der Waals surface area (Å²) in [6.45, 7) is 1.95. The maximum atomic E-state index is 12.1. The van der Waals surface area contributed by atoms with E-state index < -0.39 is 6.10 Å². The SMILES string of the molecule is Cc1ccc(C(=O)C(O)c2ccc(Cl)cc2)cc1. The highest BCUT2D eigenvalue weighted by Crippen LogP contribution is 2.20. The molecule has 1 unspecified atom stereocenters. The molecule has 0 aliphatic rings. The Hall–Kier alpha value is -1.64. The number of rotatable bonds is 3. The molecule has 18 heavy (non-hydrogen) atoms. The maximum Gasteiger partial charge on any atom is 0.195 e. The number of Topliss-reactive ketones (excluding diaryl/α,β-unsaturated/α-hetero) is 1. The summed E-state index contributed by atoms with van der Waals surface area (Å²) >= 11 is 5.76. The van der Waals surface area contributed by atoms with Crippen LogP contribution in [-0.4, -0.2) is 10.9 Å². The van der Waals surface area contributed by atoms with Crippen LogP contribution < -0.4 is 0 Å². The molecular weight excluding hydrogens is 248 g/mol. The second-order valence-electron chi connectivity index (χ2n) is 4.18. The van der Waals surface area contributed by atoms with Crippen molar-refractivity contribution in [2.45, 2.75) is 13.0 Å². The maximum absolute atomic E-state index is 12.1. The van der Waals surface area contributed by atoms with Crippen LogP contribution in [0, 0.1) is 6.92 Å². The number of aliphatic hydroxyl groups is 1. The summed E-state index contributed by atoms with van der Waals surface area (Å²) in [6.07, 6.45) is -1.15. The van der Waals surface area contributed by atoms with Gasteiger partial charge in [0.2, 0.25) is 0 Å². The molecule has 0 fully saturated rings. The second-order valence-corrected chi connectivity index (χ2v) is 4.62. The first kappa shape index (κ1) is 12.8. The molecule has 2 aromatic rings. The van der Waals surface area contributed by atoms with Gasteiger partial charge in [-0.1, -0.05) is 53.6 Å². The second kappa shape index (κ2) is 5.34. The standard InChI is InChI=1S/C15H13ClO2/c1-10-2-4-11(5-3-10)14(17)15(18)12-6-8-13(16)9-7-12/h2-9,15,18H,1H3. The summed E-state index contributed by atoms with van der Waals surface area (Å²) < 4.78 is 0. The van der Waals surface area contributed by atoms with Gasteiger partial charge in [-0.3, -0.25) is 4.79 Å². The molecule has 0 spiro atoms. The zero-order valence-corrected chi connectivity index (χ0v) is 10.7. The van der Waals surface area contributed by atoms with E-state index in [2.05, 4.69) is 0 Å². The van der Waals surface area contributed by atoms with Gasteiger partial charge in [-0.05, 0) is 24.6 Å². The van der Waals surface area contributed by atoms with Crippen LogP contribution in [0.4, 0.5) is 0 Å². The highest BCUT2D eigenvalue weighted by atomic mass is 35.5. The van der Waals surface area contributed by atoms with Crippen LogP contribution in [0.5, 0.6) is 0 Å². The molecule has 0 amide bonds. The topological polar surface area (TPSA) is 37.3 Å². The van der Waals surface area contributed by atoms with E-state index >= 15 is 0 Å². The van der Waals surface area contributed by atoms with Gasteiger partial charge in [-0.25, -0.2) is 0 Å². The highest BCUT2D eigenvalue weighted by molar-refractivity contribution is 6.30. The first-order valence-electron chi connectivity index (χ1n) is 5.62. The minimum Gasteiger partial charge on any atom is -0.380 e. The van der Waals surface area contributed by atoms with Crippen molar-refractivity contribution in [1.29, 1.82) is 0 Å². The summed E-state index contributed by atoms with van der Waals surface area (Å²) in [4.78, 5) is 12.1. The van der Waals surface area contributed by atoms with Crippen LogP contribution in [0.25, 0.3) is 0 Å². The van der Waals surface area contributed by atoms with E-state index in [1.165, 1.54) is 0 Å². The number of benzene rings is 2. The van der Waals surface area contributed by atoms with Crippen molar-refractivity contribution in [3.05, 3.63) is 70.2 Å². The predicted octanol–water partition coefficient (Wildman–Crippen LogP) is 3.56. The molecular formula is C15H13ClO2. The molecule has 0 radical (unpaired) electrons. The number of aryl methyl sites for hydroxylation is 1. The molecule has 2 aromatic carbocycles. The number of hydrogen-bond donors (Lipinski definition) is 1. The van der Waals surface area contributed by atoms with E-state index in [1.807, 2.05) is 19.1 Å². The fourth-order valence-electron chi connectivity index (χ4n) is 1.67. The predicted molar refractivity (Wildman–Crippen MR) is 71.9 cm³/mol. The molecule has 0 aromatic heterocycles. The Morgan fingerprint density at radius 2 is 1.61 bits per heavy atom. The summed E-state index contributed by atoms with van der Waals surface area (Å²) in [7, 11) is 0. The lowest BCUT2D eigenvalue weighted by Gasteiger charge is -2.10. The molecule has 2 rings (SSSR count). The average Bonchev–Trinajstić information content (AvgIpc) is 2.39. The van der Waals surface area contributed by atoms with Crippen LogP contribution in [0.3, 0.4) is 0 Å². The lowest BCUT2D eigenvalue weighted by Crippen LogP contribution is -2.12. The first-order chi connectivity index (χ1) is 8.58.